The number of hydrogen-bond donors (Lipinski definition) is 2. The van der Waals surface area contributed by atoms with Crippen LogP contribution in [0.4, 0.5) is 4.39 Å². The maximum Gasteiger partial charge on any atom is 0.138 e. The summed E-state index contributed by atoms with van der Waals surface area (Å²) in [6.07, 6.45) is 1.43. The number of benzene rings is 1. The van der Waals surface area contributed by atoms with E-state index in [9.17, 15) is 14.6 Å². The van der Waals surface area contributed by atoms with Gasteiger partial charge in [0.1, 0.15) is 16.6 Å². The van der Waals surface area contributed by atoms with Gasteiger partial charge in [-0.3, -0.25) is 0 Å². The van der Waals surface area contributed by atoms with Crippen molar-refractivity contribution in [2.75, 3.05) is 6.61 Å². The number of nitrogens with zero attached hydrogens (tertiary/aromatic N) is 1. The zero-order valence-corrected chi connectivity index (χ0v) is 10.1. The highest BCUT2D eigenvalue weighted by molar-refractivity contribution is 6.29. The lowest BCUT2D eigenvalue weighted by atomic mass is 9.88. The Balaban J connectivity index is 2.51. The van der Waals surface area contributed by atoms with E-state index >= 15 is 0 Å². The van der Waals surface area contributed by atoms with Crippen LogP contribution in [-0.2, 0) is 5.60 Å². The van der Waals surface area contributed by atoms with Crippen LogP contribution in [0.2, 0.25) is 5.15 Å². The molecule has 0 radical (unpaired) electrons. The Hall–Kier alpha value is -1.49. The minimum atomic E-state index is -1.62. The molecule has 1 atom stereocenters. The molecule has 5 heteroatoms. The summed E-state index contributed by atoms with van der Waals surface area (Å²) >= 11 is 5.76. The molecule has 0 saturated carbocycles. The van der Waals surface area contributed by atoms with E-state index in [4.69, 9.17) is 11.6 Å². The molecule has 1 aromatic carbocycles. The van der Waals surface area contributed by atoms with E-state index in [1.165, 1.54) is 36.5 Å². The quantitative estimate of drug-likeness (QED) is 0.838. The fourth-order valence-electron chi connectivity index (χ4n) is 1.73. The van der Waals surface area contributed by atoms with Gasteiger partial charge in [0.25, 0.3) is 0 Å². The van der Waals surface area contributed by atoms with Crippen LogP contribution < -0.4 is 0 Å². The molecule has 94 valence electrons. The van der Waals surface area contributed by atoms with Gasteiger partial charge in [0, 0.05) is 6.20 Å². The first-order valence-electron chi connectivity index (χ1n) is 5.27. The monoisotopic (exact) mass is 267 g/mol. The van der Waals surface area contributed by atoms with Crippen LogP contribution >= 0.6 is 11.6 Å². The highest BCUT2D eigenvalue weighted by Crippen LogP contribution is 2.30. The van der Waals surface area contributed by atoms with Gasteiger partial charge in [0.05, 0.1) is 6.61 Å². The van der Waals surface area contributed by atoms with E-state index in [1.54, 1.807) is 6.07 Å². The molecule has 0 fully saturated rings. The van der Waals surface area contributed by atoms with E-state index in [2.05, 4.69) is 4.98 Å². The molecule has 18 heavy (non-hydrogen) atoms. The van der Waals surface area contributed by atoms with Crippen molar-refractivity contribution in [1.82, 2.24) is 4.98 Å². The molecule has 0 saturated heterocycles. The van der Waals surface area contributed by atoms with Gasteiger partial charge in [-0.25, -0.2) is 9.37 Å². The van der Waals surface area contributed by atoms with Gasteiger partial charge in [-0.2, -0.15) is 0 Å². The summed E-state index contributed by atoms with van der Waals surface area (Å²) in [5.74, 6) is -0.410. The molecule has 0 aliphatic heterocycles. The predicted molar refractivity (Wildman–Crippen MR) is 65.7 cm³/mol. The van der Waals surface area contributed by atoms with Gasteiger partial charge in [0.2, 0.25) is 0 Å². The highest BCUT2D eigenvalue weighted by Gasteiger charge is 2.31. The third kappa shape index (κ3) is 2.36. The molecular weight excluding hydrogens is 257 g/mol. The van der Waals surface area contributed by atoms with E-state index in [0.29, 0.717) is 11.1 Å². The lowest BCUT2D eigenvalue weighted by Crippen LogP contribution is -2.31. The minimum Gasteiger partial charge on any atom is -0.393 e. The molecule has 2 N–H and O–H groups in total. The fraction of sp³-hybridized carbons (Fsp3) is 0.154. The zero-order valence-electron chi connectivity index (χ0n) is 9.35. The van der Waals surface area contributed by atoms with E-state index < -0.39 is 18.0 Å². The SMILES string of the molecule is OCC(O)(c1ccc(F)cc1)c1ccnc(Cl)c1. The van der Waals surface area contributed by atoms with Gasteiger partial charge < -0.3 is 10.2 Å². The molecule has 0 bridgehead atoms. The van der Waals surface area contributed by atoms with E-state index in [0.717, 1.165) is 0 Å². The lowest BCUT2D eigenvalue weighted by Gasteiger charge is -2.27. The molecule has 2 rings (SSSR count). The standard InChI is InChI=1S/C13H11ClFNO2/c14-12-7-10(5-6-16-12)13(18,8-17)9-1-3-11(15)4-2-9/h1-7,17-18H,8H2. The van der Waals surface area contributed by atoms with Crippen molar-refractivity contribution in [2.24, 2.45) is 0 Å². The van der Waals surface area contributed by atoms with Crippen LogP contribution in [0.25, 0.3) is 0 Å². The first-order chi connectivity index (χ1) is 8.56. The molecule has 3 nitrogen and oxygen atoms in total. The molecule has 0 amide bonds. The summed E-state index contributed by atoms with van der Waals surface area (Å²) in [5.41, 5.74) is -0.842. The van der Waals surface area contributed by atoms with Crippen LogP contribution in [0.5, 0.6) is 0 Å². The average Bonchev–Trinajstić information content (AvgIpc) is 2.38. The molecule has 1 aromatic heterocycles. The molecule has 0 spiro atoms. The van der Waals surface area contributed by atoms with Crippen molar-refractivity contribution < 1.29 is 14.6 Å². The maximum absolute atomic E-state index is 12.9. The Kier molecular flexibility index (Phi) is 3.61. The number of pyridine rings is 1. The van der Waals surface area contributed by atoms with Crippen molar-refractivity contribution in [3.63, 3.8) is 0 Å². The predicted octanol–water partition coefficient (Wildman–Crippen LogP) is 2.10. The van der Waals surface area contributed by atoms with Gasteiger partial charge >= 0.3 is 0 Å². The lowest BCUT2D eigenvalue weighted by molar-refractivity contribution is 0.0172. The van der Waals surface area contributed by atoms with Crippen LogP contribution in [0.1, 0.15) is 11.1 Å². The van der Waals surface area contributed by atoms with Crippen LogP contribution in [0.15, 0.2) is 42.6 Å². The summed E-state index contributed by atoms with van der Waals surface area (Å²) < 4.78 is 12.9. The molecule has 2 aromatic rings. The van der Waals surface area contributed by atoms with Gasteiger partial charge in [0.15, 0.2) is 0 Å². The zero-order chi connectivity index (χ0) is 13.2. The molecule has 1 unspecified atom stereocenters. The second-order valence-corrected chi connectivity index (χ2v) is 4.28. The van der Waals surface area contributed by atoms with Crippen molar-refractivity contribution in [2.45, 2.75) is 5.60 Å². The second kappa shape index (κ2) is 5.02. The summed E-state index contributed by atoms with van der Waals surface area (Å²) in [7, 11) is 0. The van der Waals surface area contributed by atoms with Crippen molar-refractivity contribution in [3.05, 3.63) is 64.7 Å². The number of aromatic nitrogens is 1. The fourth-order valence-corrected chi connectivity index (χ4v) is 1.91. The minimum absolute atomic E-state index is 0.210. The summed E-state index contributed by atoms with van der Waals surface area (Å²) in [6, 6.07) is 8.28. The van der Waals surface area contributed by atoms with Gasteiger partial charge in [-0.15, -0.1) is 0 Å². The van der Waals surface area contributed by atoms with E-state index in [-0.39, 0.29) is 5.15 Å². The van der Waals surface area contributed by atoms with Crippen molar-refractivity contribution in [1.29, 1.82) is 0 Å². The average molecular weight is 268 g/mol. The van der Waals surface area contributed by atoms with Crippen molar-refractivity contribution >= 4 is 11.6 Å². The normalized spacial score (nSPS) is 14.2. The summed E-state index contributed by atoms with van der Waals surface area (Å²) in [5, 5.41) is 20.2. The first-order valence-corrected chi connectivity index (χ1v) is 5.65. The molecule has 0 aliphatic carbocycles. The van der Waals surface area contributed by atoms with Crippen LogP contribution in [-0.4, -0.2) is 21.8 Å². The smallest absolute Gasteiger partial charge is 0.138 e. The Morgan fingerprint density at radius 1 is 1.17 bits per heavy atom. The molecular formula is C13H11ClFNO2. The maximum atomic E-state index is 12.9. The number of hydrogen-bond acceptors (Lipinski definition) is 3. The second-order valence-electron chi connectivity index (χ2n) is 3.89. The van der Waals surface area contributed by atoms with Crippen LogP contribution in [0, 0.1) is 5.82 Å². The van der Waals surface area contributed by atoms with Gasteiger partial charge in [-0.05, 0) is 35.4 Å². The van der Waals surface area contributed by atoms with Gasteiger partial charge in [-0.1, -0.05) is 23.7 Å². The Morgan fingerprint density at radius 3 is 2.39 bits per heavy atom. The third-order valence-corrected chi connectivity index (χ3v) is 2.96. The Bertz CT molecular complexity index is 547. The first kappa shape index (κ1) is 13.0. The molecule has 1 heterocycles. The Labute approximate surface area is 108 Å². The van der Waals surface area contributed by atoms with E-state index in [1.807, 2.05) is 0 Å². The number of rotatable bonds is 3. The molecule has 0 aliphatic rings. The number of aliphatic hydroxyl groups excluding tert-OH is 1. The topological polar surface area (TPSA) is 53.4 Å². The summed E-state index contributed by atoms with van der Waals surface area (Å²) in [6.45, 7) is -0.543. The number of aliphatic hydroxyl groups is 2. The Morgan fingerprint density at radius 2 is 1.83 bits per heavy atom. The largest absolute Gasteiger partial charge is 0.393 e. The highest BCUT2D eigenvalue weighted by atomic mass is 35.5. The van der Waals surface area contributed by atoms with Crippen molar-refractivity contribution in [3.8, 4) is 0 Å². The third-order valence-electron chi connectivity index (χ3n) is 2.75. The summed E-state index contributed by atoms with van der Waals surface area (Å²) in [4.78, 5) is 3.81. The number of halogens is 2. The van der Waals surface area contributed by atoms with Crippen LogP contribution in [0.3, 0.4) is 0 Å².